The molecule has 0 spiro atoms. The van der Waals surface area contributed by atoms with Crippen molar-refractivity contribution in [2.75, 3.05) is 26.5 Å². The number of ether oxygens (including phenoxy) is 1. The largest absolute Gasteiger partial charge is 0.495 e. The molecule has 0 aromatic heterocycles. The highest BCUT2D eigenvalue weighted by molar-refractivity contribution is 5.96. The number of para-hydroxylation sites is 1. The van der Waals surface area contributed by atoms with Gasteiger partial charge in [0.2, 0.25) is 0 Å². The summed E-state index contributed by atoms with van der Waals surface area (Å²) < 4.78 is 5.38. The molecule has 1 N–H and O–H groups in total. The number of hydrogen-bond donors (Lipinski definition) is 1. The smallest absolute Gasteiger partial charge is 0.321 e. The van der Waals surface area contributed by atoms with Crippen molar-refractivity contribution < 1.29 is 9.53 Å². The molecular formula is C17H20N2O2. The normalized spacial score (nSPS) is 10.1. The van der Waals surface area contributed by atoms with Gasteiger partial charge in [0, 0.05) is 19.7 Å². The maximum absolute atomic E-state index is 12.0. The molecule has 2 aromatic rings. The standard InChI is InChI=1S/C17H20N2O2/c1-12-8-10-13(11-9-12)14-6-5-7-15(21-4)16(14)18-17(20)19(2)3/h5-11H,1-4H3,(H,18,20). The van der Waals surface area contributed by atoms with Crippen LogP contribution in [0.3, 0.4) is 0 Å². The summed E-state index contributed by atoms with van der Waals surface area (Å²) in [5, 5.41) is 2.90. The summed E-state index contributed by atoms with van der Waals surface area (Å²) in [6.07, 6.45) is 0. The molecule has 0 atom stereocenters. The van der Waals surface area contributed by atoms with Crippen LogP contribution < -0.4 is 10.1 Å². The highest BCUT2D eigenvalue weighted by atomic mass is 16.5. The fourth-order valence-corrected chi connectivity index (χ4v) is 2.02. The van der Waals surface area contributed by atoms with Crippen LogP contribution in [0.1, 0.15) is 5.56 Å². The van der Waals surface area contributed by atoms with Crippen LogP contribution in [0, 0.1) is 6.92 Å². The van der Waals surface area contributed by atoms with Gasteiger partial charge in [-0.1, -0.05) is 42.0 Å². The van der Waals surface area contributed by atoms with Crippen molar-refractivity contribution in [2.24, 2.45) is 0 Å². The first-order chi connectivity index (χ1) is 10.0. The van der Waals surface area contributed by atoms with Gasteiger partial charge >= 0.3 is 6.03 Å². The number of aryl methyl sites for hydroxylation is 1. The Labute approximate surface area is 125 Å². The number of rotatable bonds is 3. The highest BCUT2D eigenvalue weighted by Gasteiger charge is 2.14. The second-order valence-corrected chi connectivity index (χ2v) is 5.07. The Balaban J connectivity index is 2.50. The number of anilines is 1. The Morgan fingerprint density at radius 1 is 1.10 bits per heavy atom. The van der Waals surface area contributed by atoms with E-state index < -0.39 is 0 Å². The quantitative estimate of drug-likeness (QED) is 0.932. The van der Waals surface area contributed by atoms with Crippen molar-refractivity contribution in [3.63, 3.8) is 0 Å². The van der Waals surface area contributed by atoms with E-state index >= 15 is 0 Å². The second kappa shape index (κ2) is 6.31. The number of nitrogens with zero attached hydrogens (tertiary/aromatic N) is 1. The third kappa shape index (κ3) is 3.34. The van der Waals surface area contributed by atoms with Gasteiger partial charge in [0.15, 0.2) is 0 Å². The molecule has 0 saturated heterocycles. The Bertz CT molecular complexity index is 634. The summed E-state index contributed by atoms with van der Waals surface area (Å²) in [7, 11) is 5.01. The lowest BCUT2D eigenvalue weighted by molar-refractivity contribution is 0.230. The van der Waals surface area contributed by atoms with Crippen molar-refractivity contribution in [1.82, 2.24) is 4.90 Å². The number of nitrogens with one attached hydrogen (secondary N) is 1. The molecule has 2 amide bonds. The molecular weight excluding hydrogens is 264 g/mol. The second-order valence-electron chi connectivity index (χ2n) is 5.07. The Morgan fingerprint density at radius 3 is 2.33 bits per heavy atom. The first-order valence-electron chi connectivity index (χ1n) is 6.75. The van der Waals surface area contributed by atoms with E-state index in [0.29, 0.717) is 11.4 Å². The van der Waals surface area contributed by atoms with Crippen LogP contribution in [0.2, 0.25) is 0 Å². The summed E-state index contributed by atoms with van der Waals surface area (Å²) in [5.74, 6) is 0.642. The molecule has 4 nitrogen and oxygen atoms in total. The Morgan fingerprint density at radius 2 is 1.76 bits per heavy atom. The molecule has 0 unspecified atom stereocenters. The van der Waals surface area contributed by atoms with Crippen LogP contribution in [0.15, 0.2) is 42.5 Å². The molecule has 4 heteroatoms. The minimum absolute atomic E-state index is 0.187. The van der Waals surface area contributed by atoms with E-state index in [4.69, 9.17) is 4.74 Å². The monoisotopic (exact) mass is 284 g/mol. The van der Waals surface area contributed by atoms with Crippen molar-refractivity contribution in [2.45, 2.75) is 6.92 Å². The molecule has 0 aliphatic carbocycles. The minimum Gasteiger partial charge on any atom is -0.495 e. The van der Waals surface area contributed by atoms with Crippen molar-refractivity contribution in [1.29, 1.82) is 0 Å². The molecule has 0 aliphatic heterocycles. The molecule has 0 saturated carbocycles. The summed E-state index contributed by atoms with van der Waals surface area (Å²) >= 11 is 0. The molecule has 0 radical (unpaired) electrons. The number of urea groups is 1. The van der Waals surface area contributed by atoms with Crippen LogP contribution >= 0.6 is 0 Å². The van der Waals surface area contributed by atoms with Gasteiger partial charge in [-0.05, 0) is 18.6 Å². The van der Waals surface area contributed by atoms with Gasteiger partial charge in [-0.2, -0.15) is 0 Å². The number of benzene rings is 2. The SMILES string of the molecule is COc1cccc(-c2ccc(C)cc2)c1NC(=O)N(C)C. The van der Waals surface area contributed by atoms with Crippen LogP contribution in [-0.4, -0.2) is 32.1 Å². The van der Waals surface area contributed by atoms with Gasteiger partial charge in [-0.3, -0.25) is 0 Å². The Hall–Kier alpha value is -2.49. The lowest BCUT2D eigenvalue weighted by Crippen LogP contribution is -2.27. The average molecular weight is 284 g/mol. The Kier molecular flexibility index (Phi) is 4.48. The predicted octanol–water partition coefficient (Wildman–Crippen LogP) is 3.76. The average Bonchev–Trinajstić information content (AvgIpc) is 2.48. The van der Waals surface area contributed by atoms with E-state index in [-0.39, 0.29) is 6.03 Å². The summed E-state index contributed by atoms with van der Waals surface area (Å²) in [6, 6.07) is 13.7. The van der Waals surface area contributed by atoms with Crippen LogP contribution in [0.25, 0.3) is 11.1 Å². The molecule has 0 aliphatic rings. The van der Waals surface area contributed by atoms with E-state index in [2.05, 4.69) is 5.32 Å². The maximum atomic E-state index is 12.0. The van der Waals surface area contributed by atoms with E-state index in [1.54, 1.807) is 21.2 Å². The van der Waals surface area contributed by atoms with Crippen molar-refractivity contribution >= 4 is 11.7 Å². The van der Waals surface area contributed by atoms with E-state index in [1.807, 2.05) is 49.4 Å². The first kappa shape index (κ1) is 14.9. The number of amides is 2. The molecule has 2 aromatic carbocycles. The van der Waals surface area contributed by atoms with E-state index in [9.17, 15) is 4.79 Å². The van der Waals surface area contributed by atoms with Crippen LogP contribution in [0.5, 0.6) is 5.75 Å². The fraction of sp³-hybridized carbons (Fsp3) is 0.235. The van der Waals surface area contributed by atoms with Gasteiger partial charge in [0.1, 0.15) is 5.75 Å². The van der Waals surface area contributed by atoms with Gasteiger partial charge in [0.05, 0.1) is 12.8 Å². The molecule has 0 bridgehead atoms. The minimum atomic E-state index is -0.187. The summed E-state index contributed by atoms with van der Waals surface area (Å²) in [6.45, 7) is 2.05. The van der Waals surface area contributed by atoms with Gasteiger partial charge in [-0.15, -0.1) is 0 Å². The van der Waals surface area contributed by atoms with Crippen LogP contribution in [-0.2, 0) is 0 Å². The molecule has 0 heterocycles. The first-order valence-corrected chi connectivity index (χ1v) is 6.75. The van der Waals surface area contributed by atoms with Gasteiger partial charge in [-0.25, -0.2) is 4.79 Å². The predicted molar refractivity (Wildman–Crippen MR) is 85.9 cm³/mol. The van der Waals surface area contributed by atoms with Gasteiger partial charge < -0.3 is 15.0 Å². The fourth-order valence-electron chi connectivity index (χ4n) is 2.02. The van der Waals surface area contributed by atoms with E-state index in [1.165, 1.54) is 10.5 Å². The van der Waals surface area contributed by atoms with E-state index in [0.717, 1.165) is 11.1 Å². The number of methoxy groups -OCH3 is 1. The number of carbonyl (C=O) groups is 1. The molecule has 110 valence electrons. The topological polar surface area (TPSA) is 41.6 Å². The van der Waals surface area contributed by atoms with Gasteiger partial charge in [0.25, 0.3) is 0 Å². The maximum Gasteiger partial charge on any atom is 0.321 e. The van der Waals surface area contributed by atoms with Crippen molar-refractivity contribution in [3.05, 3.63) is 48.0 Å². The van der Waals surface area contributed by atoms with Crippen molar-refractivity contribution in [3.8, 4) is 16.9 Å². The highest BCUT2D eigenvalue weighted by Crippen LogP contribution is 2.36. The van der Waals surface area contributed by atoms with Crippen LogP contribution in [0.4, 0.5) is 10.5 Å². The third-order valence-electron chi connectivity index (χ3n) is 3.25. The number of carbonyl (C=O) groups excluding carboxylic acids is 1. The molecule has 0 fully saturated rings. The zero-order chi connectivity index (χ0) is 15.4. The summed E-state index contributed by atoms with van der Waals surface area (Å²) in [5.41, 5.74) is 3.85. The summed E-state index contributed by atoms with van der Waals surface area (Å²) in [4.78, 5) is 13.5. The zero-order valence-electron chi connectivity index (χ0n) is 12.8. The lowest BCUT2D eigenvalue weighted by Gasteiger charge is -2.18. The zero-order valence-corrected chi connectivity index (χ0v) is 12.8. The third-order valence-corrected chi connectivity index (χ3v) is 3.25. The lowest BCUT2D eigenvalue weighted by atomic mass is 10.0. The molecule has 2 rings (SSSR count). The number of hydrogen-bond acceptors (Lipinski definition) is 2. The molecule has 21 heavy (non-hydrogen) atoms.